The lowest BCUT2D eigenvalue weighted by Crippen LogP contribution is -2.44. The molecule has 7 rings (SSSR count). The standard InChI is InChI=1S/C37H37FN8O3/c1-40-34(48)24-7-11-29-22(15-24)3-4-23-16-25(35(49)41-2)8-12-30(23)37(29,36-43-33(44-45-36)21-5-9-27(38)10-6-21)13-14-42-20-32(47)46-28(19-39)17-26-18-31(26)46/h5-12,15-16,26,28,31,42H,3-4,13-14,17-18,20H2,1-2H3,(H,40,48)(H,41,49)(H,43,44,45)/t26-,28+,31+/m1/s1. The number of carbonyl (C=O) groups excluding carboxylic acids is 3. The highest BCUT2D eigenvalue weighted by Crippen LogP contribution is 2.48. The van der Waals surface area contributed by atoms with Gasteiger partial charge in [0.15, 0.2) is 5.82 Å². The van der Waals surface area contributed by atoms with Gasteiger partial charge >= 0.3 is 0 Å². The van der Waals surface area contributed by atoms with Crippen LogP contribution in [0.3, 0.4) is 0 Å². The summed E-state index contributed by atoms with van der Waals surface area (Å²) in [5.41, 5.74) is 4.50. The predicted octanol–water partition coefficient (Wildman–Crippen LogP) is 3.26. The largest absolute Gasteiger partial charge is 0.355 e. The van der Waals surface area contributed by atoms with Gasteiger partial charge in [0, 0.05) is 36.8 Å². The van der Waals surface area contributed by atoms with Crippen molar-refractivity contribution >= 4 is 17.7 Å². The van der Waals surface area contributed by atoms with Crippen LogP contribution >= 0.6 is 0 Å². The highest BCUT2D eigenvalue weighted by molar-refractivity contribution is 5.95. The number of nitrogens with zero attached hydrogens (tertiary/aromatic N) is 4. The molecule has 2 aliphatic carbocycles. The molecule has 1 saturated carbocycles. The molecule has 12 heteroatoms. The molecule has 2 fully saturated rings. The molecule has 1 aliphatic heterocycles. The van der Waals surface area contributed by atoms with Crippen LogP contribution in [0, 0.1) is 23.1 Å². The molecule has 0 bridgehead atoms. The van der Waals surface area contributed by atoms with Crippen molar-refractivity contribution in [2.24, 2.45) is 5.92 Å². The minimum Gasteiger partial charge on any atom is -0.355 e. The number of aromatic amines is 1. The first-order chi connectivity index (χ1) is 23.8. The number of likely N-dealkylation sites (tertiary alicyclic amines) is 1. The molecule has 0 unspecified atom stereocenters. The lowest BCUT2D eigenvalue weighted by Gasteiger charge is -2.35. The van der Waals surface area contributed by atoms with Crippen molar-refractivity contribution in [3.63, 3.8) is 0 Å². The Bertz CT molecular complexity index is 1920. The van der Waals surface area contributed by atoms with Gasteiger partial charge in [-0.05, 0) is 115 Å². The normalized spacial score (nSPS) is 19.9. The second kappa shape index (κ2) is 12.9. The Balaban J connectivity index is 1.32. The molecule has 3 aromatic carbocycles. The lowest BCUT2D eigenvalue weighted by molar-refractivity contribution is -0.131. The molecule has 1 aromatic heterocycles. The number of rotatable bonds is 9. The van der Waals surface area contributed by atoms with Gasteiger partial charge in [-0.15, -0.1) is 10.2 Å². The molecule has 49 heavy (non-hydrogen) atoms. The average Bonchev–Trinajstić information content (AvgIpc) is 3.56. The molecular formula is C37H37FN8O3. The number of aryl methyl sites for hydroxylation is 2. The molecule has 1 saturated heterocycles. The Morgan fingerprint density at radius 2 is 1.57 bits per heavy atom. The van der Waals surface area contributed by atoms with Crippen molar-refractivity contribution in [2.75, 3.05) is 27.2 Å². The summed E-state index contributed by atoms with van der Waals surface area (Å²) >= 11 is 0. The number of nitriles is 1. The fourth-order valence-electron chi connectivity index (χ4n) is 7.75. The number of amides is 3. The van der Waals surface area contributed by atoms with Crippen molar-refractivity contribution in [3.05, 3.63) is 106 Å². The number of piperidine rings is 1. The second-order valence-electron chi connectivity index (χ2n) is 13.0. The smallest absolute Gasteiger partial charge is 0.251 e. The van der Waals surface area contributed by atoms with Crippen LogP contribution in [0.25, 0.3) is 11.4 Å². The molecule has 4 aromatic rings. The van der Waals surface area contributed by atoms with Gasteiger partial charge in [0.05, 0.1) is 18.0 Å². The van der Waals surface area contributed by atoms with Crippen LogP contribution in [0.1, 0.15) is 68.1 Å². The van der Waals surface area contributed by atoms with Gasteiger partial charge in [-0.25, -0.2) is 4.39 Å². The fourth-order valence-corrected chi connectivity index (χ4v) is 7.75. The first kappa shape index (κ1) is 32.2. The van der Waals surface area contributed by atoms with Crippen molar-refractivity contribution in [2.45, 2.75) is 49.6 Å². The van der Waals surface area contributed by atoms with Crippen LogP contribution in [0.15, 0.2) is 60.7 Å². The third-order valence-electron chi connectivity index (χ3n) is 10.3. The minimum absolute atomic E-state index is 0.0830. The zero-order valence-corrected chi connectivity index (χ0v) is 27.3. The van der Waals surface area contributed by atoms with Crippen LogP contribution in [0.5, 0.6) is 0 Å². The van der Waals surface area contributed by atoms with E-state index in [1.54, 1.807) is 43.3 Å². The maximum absolute atomic E-state index is 13.8. The first-order valence-corrected chi connectivity index (χ1v) is 16.6. The summed E-state index contributed by atoms with van der Waals surface area (Å²) in [6, 6.07) is 19.4. The maximum Gasteiger partial charge on any atom is 0.251 e. The third kappa shape index (κ3) is 5.74. The number of halogens is 1. The molecule has 0 spiro atoms. The number of aromatic nitrogens is 3. The van der Waals surface area contributed by atoms with E-state index in [1.165, 1.54) is 12.1 Å². The molecule has 3 amide bonds. The van der Waals surface area contributed by atoms with Gasteiger partial charge in [0.1, 0.15) is 17.7 Å². The van der Waals surface area contributed by atoms with Crippen LogP contribution in [0.4, 0.5) is 4.39 Å². The van der Waals surface area contributed by atoms with Gasteiger partial charge in [-0.3, -0.25) is 14.4 Å². The van der Waals surface area contributed by atoms with Crippen LogP contribution in [-0.2, 0) is 23.1 Å². The zero-order chi connectivity index (χ0) is 34.3. The summed E-state index contributed by atoms with van der Waals surface area (Å²) in [4.78, 5) is 44.0. The van der Waals surface area contributed by atoms with E-state index in [1.807, 2.05) is 24.3 Å². The molecule has 250 valence electrons. The number of carbonyl (C=O) groups is 3. The average molecular weight is 661 g/mol. The van der Waals surface area contributed by atoms with E-state index in [2.05, 4.69) is 32.1 Å². The number of hydrogen-bond acceptors (Lipinski definition) is 7. The highest BCUT2D eigenvalue weighted by atomic mass is 19.1. The van der Waals surface area contributed by atoms with Gasteiger partial charge in [-0.1, -0.05) is 12.1 Å². The first-order valence-electron chi connectivity index (χ1n) is 16.6. The summed E-state index contributed by atoms with van der Waals surface area (Å²) in [5.74, 6) is 0.572. The Morgan fingerprint density at radius 3 is 2.16 bits per heavy atom. The maximum atomic E-state index is 13.8. The highest BCUT2D eigenvalue weighted by Gasteiger charge is 2.54. The Hall–Kier alpha value is -5.41. The van der Waals surface area contributed by atoms with Gasteiger partial charge < -0.3 is 25.8 Å². The monoisotopic (exact) mass is 660 g/mol. The van der Waals surface area contributed by atoms with Crippen molar-refractivity contribution in [3.8, 4) is 17.5 Å². The molecule has 0 radical (unpaired) electrons. The molecule has 2 heterocycles. The van der Waals surface area contributed by atoms with E-state index < -0.39 is 5.41 Å². The summed E-state index contributed by atoms with van der Waals surface area (Å²) in [6.45, 7) is 0.477. The number of H-pyrrole nitrogens is 1. The van der Waals surface area contributed by atoms with E-state index >= 15 is 0 Å². The van der Waals surface area contributed by atoms with E-state index in [9.17, 15) is 24.0 Å². The van der Waals surface area contributed by atoms with E-state index in [-0.39, 0.29) is 42.2 Å². The number of nitrogens with one attached hydrogen (secondary N) is 4. The van der Waals surface area contributed by atoms with Crippen molar-refractivity contribution in [1.29, 1.82) is 5.26 Å². The van der Waals surface area contributed by atoms with E-state index in [0.717, 1.165) is 35.1 Å². The predicted molar refractivity (Wildman–Crippen MR) is 179 cm³/mol. The molecule has 11 nitrogen and oxygen atoms in total. The van der Waals surface area contributed by atoms with Crippen molar-refractivity contribution < 1.29 is 18.8 Å². The lowest BCUT2D eigenvalue weighted by atomic mass is 9.69. The van der Waals surface area contributed by atoms with E-state index in [0.29, 0.717) is 60.1 Å². The van der Waals surface area contributed by atoms with Crippen LogP contribution in [0.2, 0.25) is 0 Å². The van der Waals surface area contributed by atoms with Crippen LogP contribution in [-0.4, -0.2) is 77.1 Å². The number of hydrogen-bond donors (Lipinski definition) is 4. The fraction of sp³-hybridized carbons (Fsp3) is 0.351. The molecular weight excluding hydrogens is 623 g/mol. The zero-order valence-electron chi connectivity index (χ0n) is 27.3. The SMILES string of the molecule is CNC(=O)c1ccc2c(c1)CCc1cc(C(=O)NC)ccc1C2(CCNCC(=O)N1[C@H](C#N)C[C@@H]2C[C@@H]21)c1nnc(-c2ccc(F)cc2)[nH]1. The summed E-state index contributed by atoms with van der Waals surface area (Å²) in [5, 5.41) is 27.6. The molecule has 3 aliphatic rings. The van der Waals surface area contributed by atoms with Crippen LogP contribution < -0.4 is 16.0 Å². The Morgan fingerprint density at radius 1 is 0.939 bits per heavy atom. The summed E-state index contributed by atoms with van der Waals surface area (Å²) in [7, 11) is 3.19. The van der Waals surface area contributed by atoms with Gasteiger partial charge in [0.25, 0.3) is 11.8 Å². The second-order valence-corrected chi connectivity index (χ2v) is 13.0. The minimum atomic E-state index is -0.949. The number of benzene rings is 3. The number of fused-ring (bicyclic) bond motifs is 3. The topological polar surface area (TPSA) is 156 Å². The Kier molecular flexibility index (Phi) is 8.46. The summed E-state index contributed by atoms with van der Waals surface area (Å²) in [6.07, 6.45) is 3.33. The van der Waals surface area contributed by atoms with Crippen molar-refractivity contribution in [1.82, 2.24) is 36.0 Å². The third-order valence-corrected chi connectivity index (χ3v) is 10.3. The Labute approximate surface area is 283 Å². The van der Waals surface area contributed by atoms with E-state index in [4.69, 9.17) is 5.10 Å². The van der Waals surface area contributed by atoms with Gasteiger partial charge in [0.2, 0.25) is 5.91 Å². The quantitative estimate of drug-likeness (QED) is 0.201. The summed E-state index contributed by atoms with van der Waals surface area (Å²) < 4.78 is 13.8. The molecule has 4 N–H and O–H groups in total. The van der Waals surface area contributed by atoms with Gasteiger partial charge in [-0.2, -0.15) is 5.26 Å². The molecule has 3 atom stereocenters.